The highest BCUT2D eigenvalue weighted by molar-refractivity contribution is 6.03. The van der Waals surface area contributed by atoms with Gasteiger partial charge in [-0.3, -0.25) is 5.41 Å². The summed E-state index contributed by atoms with van der Waals surface area (Å²) in [5, 5.41) is 7.93. The van der Waals surface area contributed by atoms with Crippen molar-refractivity contribution in [2.45, 2.75) is 33.6 Å². The van der Waals surface area contributed by atoms with Gasteiger partial charge in [-0.2, -0.15) is 0 Å². The van der Waals surface area contributed by atoms with Gasteiger partial charge >= 0.3 is 0 Å². The van der Waals surface area contributed by atoms with Crippen LogP contribution in [0.1, 0.15) is 37.0 Å². The van der Waals surface area contributed by atoms with Crippen molar-refractivity contribution in [1.29, 1.82) is 5.41 Å². The van der Waals surface area contributed by atoms with E-state index in [9.17, 15) is 0 Å². The van der Waals surface area contributed by atoms with E-state index >= 15 is 0 Å². The molecule has 2 rings (SSSR count). The Hall–Kier alpha value is -2.29. The second kappa shape index (κ2) is 6.65. The van der Waals surface area contributed by atoms with Crippen molar-refractivity contribution in [3.63, 3.8) is 0 Å². The SMILES string of the molecule is CCC(C)Cc1c(C)ccc(C(=N)N)c1-c1ccccc1N. The van der Waals surface area contributed by atoms with Crippen LogP contribution in [-0.2, 0) is 6.42 Å². The molecule has 116 valence electrons. The van der Waals surface area contributed by atoms with Crippen LogP contribution in [0.3, 0.4) is 0 Å². The van der Waals surface area contributed by atoms with Crippen molar-refractivity contribution >= 4 is 11.5 Å². The number of nitrogens with two attached hydrogens (primary N) is 2. The van der Waals surface area contributed by atoms with E-state index in [0.29, 0.717) is 5.92 Å². The number of para-hydroxylation sites is 1. The van der Waals surface area contributed by atoms with Crippen molar-refractivity contribution < 1.29 is 0 Å². The Morgan fingerprint density at radius 1 is 1.18 bits per heavy atom. The van der Waals surface area contributed by atoms with Gasteiger partial charge in [0, 0.05) is 16.8 Å². The zero-order valence-electron chi connectivity index (χ0n) is 13.6. The lowest BCUT2D eigenvalue weighted by Crippen LogP contribution is -2.15. The molecule has 22 heavy (non-hydrogen) atoms. The fraction of sp³-hybridized carbons (Fsp3) is 0.316. The summed E-state index contributed by atoms with van der Waals surface area (Å²) in [6.45, 7) is 6.56. The molecule has 0 fully saturated rings. The number of hydrogen-bond acceptors (Lipinski definition) is 2. The van der Waals surface area contributed by atoms with Gasteiger partial charge in [-0.15, -0.1) is 0 Å². The molecule has 0 aliphatic heterocycles. The van der Waals surface area contributed by atoms with Crippen LogP contribution in [0.25, 0.3) is 11.1 Å². The van der Waals surface area contributed by atoms with E-state index in [2.05, 4.69) is 26.8 Å². The first kappa shape index (κ1) is 16.1. The van der Waals surface area contributed by atoms with Crippen LogP contribution in [0.4, 0.5) is 5.69 Å². The second-order valence-corrected chi connectivity index (χ2v) is 6.00. The molecule has 0 radical (unpaired) electrons. The Morgan fingerprint density at radius 3 is 2.45 bits per heavy atom. The fourth-order valence-electron chi connectivity index (χ4n) is 2.76. The zero-order chi connectivity index (χ0) is 16.3. The number of benzene rings is 2. The van der Waals surface area contributed by atoms with Gasteiger partial charge in [0.25, 0.3) is 0 Å². The van der Waals surface area contributed by atoms with E-state index in [-0.39, 0.29) is 5.84 Å². The van der Waals surface area contributed by atoms with E-state index in [0.717, 1.165) is 35.2 Å². The minimum Gasteiger partial charge on any atom is -0.398 e. The van der Waals surface area contributed by atoms with Gasteiger partial charge in [-0.25, -0.2) is 0 Å². The van der Waals surface area contributed by atoms with E-state index in [1.165, 1.54) is 11.1 Å². The van der Waals surface area contributed by atoms with Gasteiger partial charge in [0.15, 0.2) is 0 Å². The molecule has 0 aliphatic carbocycles. The third-order valence-corrected chi connectivity index (χ3v) is 4.32. The number of amidine groups is 1. The summed E-state index contributed by atoms with van der Waals surface area (Å²) in [4.78, 5) is 0. The highest BCUT2D eigenvalue weighted by atomic mass is 14.7. The Morgan fingerprint density at radius 2 is 1.86 bits per heavy atom. The second-order valence-electron chi connectivity index (χ2n) is 6.00. The van der Waals surface area contributed by atoms with Crippen LogP contribution in [0.15, 0.2) is 36.4 Å². The molecular weight excluding hydrogens is 270 g/mol. The van der Waals surface area contributed by atoms with Crippen molar-refractivity contribution in [2.75, 3.05) is 5.73 Å². The first-order chi connectivity index (χ1) is 10.5. The van der Waals surface area contributed by atoms with Crippen molar-refractivity contribution in [1.82, 2.24) is 0 Å². The number of nitrogen functional groups attached to an aromatic ring is 2. The highest BCUT2D eigenvalue weighted by Crippen LogP contribution is 2.35. The van der Waals surface area contributed by atoms with Crippen molar-refractivity contribution in [2.24, 2.45) is 11.7 Å². The maximum atomic E-state index is 7.93. The van der Waals surface area contributed by atoms with E-state index in [1.54, 1.807) is 0 Å². The van der Waals surface area contributed by atoms with Crippen molar-refractivity contribution in [3.05, 3.63) is 53.1 Å². The van der Waals surface area contributed by atoms with Gasteiger partial charge in [0.05, 0.1) is 0 Å². The maximum absolute atomic E-state index is 7.93. The van der Waals surface area contributed by atoms with Crippen LogP contribution in [0.2, 0.25) is 0 Å². The molecule has 1 unspecified atom stereocenters. The van der Waals surface area contributed by atoms with Crippen LogP contribution in [0.5, 0.6) is 0 Å². The standard InChI is InChI=1S/C19H25N3/c1-4-12(2)11-16-13(3)9-10-15(19(21)22)18(16)14-7-5-6-8-17(14)20/h5-10,12H,4,11,20H2,1-3H3,(H3,21,22). The van der Waals surface area contributed by atoms with Gasteiger partial charge in [0.1, 0.15) is 5.84 Å². The van der Waals surface area contributed by atoms with Gasteiger partial charge in [-0.05, 0) is 42.0 Å². The lowest BCUT2D eigenvalue weighted by molar-refractivity contribution is 0.559. The lowest BCUT2D eigenvalue weighted by Gasteiger charge is -2.20. The Kier molecular flexibility index (Phi) is 4.86. The average Bonchev–Trinajstić information content (AvgIpc) is 2.49. The number of anilines is 1. The maximum Gasteiger partial charge on any atom is 0.123 e. The molecule has 0 aromatic heterocycles. The molecule has 0 heterocycles. The quantitative estimate of drug-likeness (QED) is 0.441. The Labute approximate surface area is 132 Å². The summed E-state index contributed by atoms with van der Waals surface area (Å²) in [6, 6.07) is 11.8. The molecule has 5 N–H and O–H groups in total. The molecule has 1 atom stereocenters. The summed E-state index contributed by atoms with van der Waals surface area (Å²) in [5.74, 6) is 0.660. The van der Waals surface area contributed by atoms with Crippen LogP contribution in [0, 0.1) is 18.3 Å². The van der Waals surface area contributed by atoms with Gasteiger partial charge < -0.3 is 11.5 Å². The molecule has 2 aromatic rings. The van der Waals surface area contributed by atoms with Crippen LogP contribution >= 0.6 is 0 Å². The number of rotatable bonds is 5. The normalized spacial score (nSPS) is 12.1. The molecule has 0 spiro atoms. The fourth-order valence-corrected chi connectivity index (χ4v) is 2.76. The predicted octanol–water partition coefficient (Wildman–Crippen LogP) is 4.12. The van der Waals surface area contributed by atoms with Crippen LogP contribution < -0.4 is 11.5 Å². The molecule has 0 amide bonds. The Bertz CT molecular complexity index is 689. The molecule has 0 aliphatic rings. The first-order valence-electron chi connectivity index (χ1n) is 7.77. The largest absolute Gasteiger partial charge is 0.398 e. The highest BCUT2D eigenvalue weighted by Gasteiger charge is 2.18. The average molecular weight is 295 g/mol. The molecule has 3 nitrogen and oxygen atoms in total. The zero-order valence-corrected chi connectivity index (χ0v) is 13.6. The molecule has 3 heteroatoms. The van der Waals surface area contributed by atoms with Gasteiger partial charge in [-0.1, -0.05) is 50.6 Å². The minimum absolute atomic E-state index is 0.0867. The third kappa shape index (κ3) is 3.14. The number of aryl methyl sites for hydroxylation is 1. The predicted molar refractivity (Wildman–Crippen MR) is 95.2 cm³/mol. The molecule has 0 saturated carbocycles. The molecule has 0 bridgehead atoms. The van der Waals surface area contributed by atoms with E-state index in [4.69, 9.17) is 16.9 Å². The Balaban J connectivity index is 2.74. The van der Waals surface area contributed by atoms with Crippen molar-refractivity contribution in [3.8, 4) is 11.1 Å². The smallest absolute Gasteiger partial charge is 0.123 e. The summed E-state index contributed by atoms with van der Waals surface area (Å²) in [5.41, 5.74) is 18.0. The van der Waals surface area contributed by atoms with Crippen LogP contribution in [-0.4, -0.2) is 5.84 Å². The summed E-state index contributed by atoms with van der Waals surface area (Å²) in [6.07, 6.45) is 2.08. The topological polar surface area (TPSA) is 75.9 Å². The number of hydrogen-bond donors (Lipinski definition) is 3. The molecular formula is C19H25N3. The monoisotopic (exact) mass is 295 g/mol. The molecule has 2 aromatic carbocycles. The first-order valence-corrected chi connectivity index (χ1v) is 7.77. The third-order valence-electron chi connectivity index (χ3n) is 4.32. The van der Waals surface area contributed by atoms with Gasteiger partial charge in [0.2, 0.25) is 0 Å². The molecule has 0 saturated heterocycles. The lowest BCUT2D eigenvalue weighted by atomic mass is 9.85. The summed E-state index contributed by atoms with van der Waals surface area (Å²) in [7, 11) is 0. The number of nitrogens with one attached hydrogen (secondary N) is 1. The van der Waals surface area contributed by atoms with E-state index < -0.39 is 0 Å². The minimum atomic E-state index is 0.0867. The summed E-state index contributed by atoms with van der Waals surface area (Å²) < 4.78 is 0. The summed E-state index contributed by atoms with van der Waals surface area (Å²) >= 11 is 0. The van der Waals surface area contributed by atoms with E-state index in [1.807, 2.05) is 30.3 Å².